The zero-order chi connectivity index (χ0) is 16.7. The van der Waals surface area contributed by atoms with Gasteiger partial charge in [-0.25, -0.2) is 0 Å². The molecule has 23 heavy (non-hydrogen) atoms. The SMILES string of the molecule is CC(C)CCOc1ccccc1-c1ccccc1OCC(N)=O. The summed E-state index contributed by atoms with van der Waals surface area (Å²) in [5, 5.41) is 0. The summed E-state index contributed by atoms with van der Waals surface area (Å²) in [5.41, 5.74) is 6.99. The van der Waals surface area contributed by atoms with Crippen LogP contribution in [-0.4, -0.2) is 19.1 Å². The molecule has 2 aromatic carbocycles. The molecule has 0 saturated heterocycles. The van der Waals surface area contributed by atoms with Crippen LogP contribution in [0.3, 0.4) is 0 Å². The van der Waals surface area contributed by atoms with Crippen molar-refractivity contribution < 1.29 is 14.3 Å². The van der Waals surface area contributed by atoms with Gasteiger partial charge in [0.2, 0.25) is 0 Å². The van der Waals surface area contributed by atoms with Gasteiger partial charge in [-0.15, -0.1) is 0 Å². The summed E-state index contributed by atoms with van der Waals surface area (Å²) in [7, 11) is 0. The van der Waals surface area contributed by atoms with Crippen LogP contribution in [0.1, 0.15) is 20.3 Å². The lowest BCUT2D eigenvalue weighted by Crippen LogP contribution is -2.20. The van der Waals surface area contributed by atoms with Crippen molar-refractivity contribution in [2.24, 2.45) is 11.7 Å². The minimum atomic E-state index is -0.499. The fourth-order valence-corrected chi connectivity index (χ4v) is 2.18. The number of primary amides is 1. The number of amides is 1. The van der Waals surface area contributed by atoms with E-state index < -0.39 is 5.91 Å². The minimum absolute atomic E-state index is 0.145. The number of carbonyl (C=O) groups is 1. The van der Waals surface area contributed by atoms with E-state index in [0.717, 1.165) is 23.3 Å². The number of ether oxygens (including phenoxy) is 2. The molecule has 0 aromatic heterocycles. The van der Waals surface area contributed by atoms with Gasteiger partial charge in [0.05, 0.1) is 6.61 Å². The Morgan fingerprint density at radius 1 is 0.957 bits per heavy atom. The van der Waals surface area contributed by atoms with E-state index in [9.17, 15) is 4.79 Å². The van der Waals surface area contributed by atoms with Gasteiger partial charge in [-0.05, 0) is 24.5 Å². The van der Waals surface area contributed by atoms with Gasteiger partial charge in [0.1, 0.15) is 11.5 Å². The standard InChI is InChI=1S/C19H23NO3/c1-14(2)11-12-22-17-9-5-3-7-15(17)16-8-4-6-10-18(16)23-13-19(20)21/h3-10,14H,11-13H2,1-2H3,(H2,20,21). The van der Waals surface area contributed by atoms with Crippen LogP contribution in [0.25, 0.3) is 11.1 Å². The van der Waals surface area contributed by atoms with Crippen LogP contribution in [0.15, 0.2) is 48.5 Å². The van der Waals surface area contributed by atoms with Crippen molar-refractivity contribution in [2.75, 3.05) is 13.2 Å². The second-order valence-electron chi connectivity index (χ2n) is 5.78. The number of hydrogen-bond acceptors (Lipinski definition) is 3. The second kappa shape index (κ2) is 8.22. The van der Waals surface area contributed by atoms with Crippen molar-refractivity contribution in [3.63, 3.8) is 0 Å². The summed E-state index contributed by atoms with van der Waals surface area (Å²) < 4.78 is 11.5. The fraction of sp³-hybridized carbons (Fsp3) is 0.316. The number of rotatable bonds is 8. The third-order valence-electron chi connectivity index (χ3n) is 3.39. The Morgan fingerprint density at radius 3 is 2.00 bits per heavy atom. The second-order valence-corrected chi connectivity index (χ2v) is 5.78. The van der Waals surface area contributed by atoms with Crippen LogP contribution in [0.2, 0.25) is 0 Å². The maximum absolute atomic E-state index is 11.0. The summed E-state index contributed by atoms with van der Waals surface area (Å²) in [4.78, 5) is 11.0. The lowest BCUT2D eigenvalue weighted by Gasteiger charge is -2.15. The molecule has 2 rings (SSSR count). The van der Waals surface area contributed by atoms with E-state index in [1.807, 2.05) is 48.5 Å². The van der Waals surface area contributed by atoms with E-state index in [1.54, 1.807) is 0 Å². The first kappa shape index (κ1) is 16.9. The highest BCUT2D eigenvalue weighted by molar-refractivity contribution is 5.78. The zero-order valence-electron chi connectivity index (χ0n) is 13.6. The van der Waals surface area contributed by atoms with Crippen molar-refractivity contribution in [3.05, 3.63) is 48.5 Å². The molecule has 0 aliphatic carbocycles. The Balaban J connectivity index is 2.26. The first-order valence-corrected chi connectivity index (χ1v) is 7.80. The molecule has 2 N–H and O–H groups in total. The number of para-hydroxylation sites is 2. The molecule has 0 aliphatic rings. The molecule has 0 aliphatic heterocycles. The molecule has 0 radical (unpaired) electrons. The molecule has 0 fully saturated rings. The van der Waals surface area contributed by atoms with Gasteiger partial charge < -0.3 is 15.2 Å². The molecule has 0 heterocycles. The van der Waals surface area contributed by atoms with Crippen LogP contribution < -0.4 is 15.2 Å². The molecule has 4 heteroatoms. The van der Waals surface area contributed by atoms with Crippen molar-refractivity contribution in [1.82, 2.24) is 0 Å². The van der Waals surface area contributed by atoms with E-state index in [1.165, 1.54) is 0 Å². The Morgan fingerprint density at radius 2 is 1.48 bits per heavy atom. The predicted octanol–water partition coefficient (Wildman–Crippen LogP) is 3.64. The average Bonchev–Trinajstić information content (AvgIpc) is 2.53. The maximum Gasteiger partial charge on any atom is 0.255 e. The summed E-state index contributed by atoms with van der Waals surface area (Å²) in [6.07, 6.45) is 0.994. The third-order valence-corrected chi connectivity index (χ3v) is 3.39. The van der Waals surface area contributed by atoms with Crippen molar-refractivity contribution in [2.45, 2.75) is 20.3 Å². The van der Waals surface area contributed by atoms with Crippen LogP contribution >= 0.6 is 0 Å². The van der Waals surface area contributed by atoms with E-state index in [0.29, 0.717) is 18.3 Å². The molecule has 122 valence electrons. The molecule has 4 nitrogen and oxygen atoms in total. The molecule has 0 saturated carbocycles. The lowest BCUT2D eigenvalue weighted by atomic mass is 10.0. The van der Waals surface area contributed by atoms with Crippen LogP contribution in [-0.2, 0) is 4.79 Å². The number of hydrogen-bond donors (Lipinski definition) is 1. The third kappa shape index (κ3) is 5.02. The minimum Gasteiger partial charge on any atom is -0.493 e. The van der Waals surface area contributed by atoms with Crippen molar-refractivity contribution in [3.8, 4) is 22.6 Å². The Kier molecular flexibility index (Phi) is 6.03. The smallest absolute Gasteiger partial charge is 0.255 e. The monoisotopic (exact) mass is 313 g/mol. The van der Waals surface area contributed by atoms with Gasteiger partial charge in [0.25, 0.3) is 5.91 Å². The van der Waals surface area contributed by atoms with E-state index in [2.05, 4.69) is 13.8 Å². The zero-order valence-corrected chi connectivity index (χ0v) is 13.6. The Hall–Kier alpha value is -2.49. The van der Waals surface area contributed by atoms with Crippen LogP contribution in [0, 0.1) is 5.92 Å². The van der Waals surface area contributed by atoms with Gasteiger partial charge in [0.15, 0.2) is 6.61 Å². The van der Waals surface area contributed by atoms with Crippen LogP contribution in [0.4, 0.5) is 0 Å². The van der Waals surface area contributed by atoms with Gasteiger partial charge in [0, 0.05) is 11.1 Å². The molecule has 0 bridgehead atoms. The number of benzene rings is 2. The van der Waals surface area contributed by atoms with E-state index in [4.69, 9.17) is 15.2 Å². The molecule has 0 spiro atoms. The highest BCUT2D eigenvalue weighted by Gasteiger charge is 2.12. The molecular formula is C19H23NO3. The van der Waals surface area contributed by atoms with E-state index >= 15 is 0 Å². The van der Waals surface area contributed by atoms with E-state index in [-0.39, 0.29) is 6.61 Å². The van der Waals surface area contributed by atoms with Gasteiger partial charge in [-0.2, -0.15) is 0 Å². The highest BCUT2D eigenvalue weighted by atomic mass is 16.5. The average molecular weight is 313 g/mol. The topological polar surface area (TPSA) is 61.6 Å². The molecule has 0 unspecified atom stereocenters. The summed E-state index contributed by atoms with van der Waals surface area (Å²) in [5.74, 6) is 1.52. The molecule has 0 atom stereocenters. The Labute approximate surface area is 137 Å². The normalized spacial score (nSPS) is 10.6. The quantitative estimate of drug-likeness (QED) is 0.809. The molecule has 2 aromatic rings. The highest BCUT2D eigenvalue weighted by Crippen LogP contribution is 2.36. The largest absolute Gasteiger partial charge is 0.493 e. The molecular weight excluding hydrogens is 290 g/mol. The van der Waals surface area contributed by atoms with Gasteiger partial charge in [-0.1, -0.05) is 50.2 Å². The fourth-order valence-electron chi connectivity index (χ4n) is 2.18. The van der Waals surface area contributed by atoms with Crippen LogP contribution in [0.5, 0.6) is 11.5 Å². The summed E-state index contributed by atoms with van der Waals surface area (Å²) in [6, 6.07) is 15.4. The lowest BCUT2D eigenvalue weighted by molar-refractivity contribution is -0.119. The summed E-state index contributed by atoms with van der Waals surface area (Å²) in [6.45, 7) is 4.86. The predicted molar refractivity (Wildman–Crippen MR) is 91.5 cm³/mol. The summed E-state index contributed by atoms with van der Waals surface area (Å²) >= 11 is 0. The van der Waals surface area contributed by atoms with Gasteiger partial charge >= 0.3 is 0 Å². The van der Waals surface area contributed by atoms with Crippen molar-refractivity contribution in [1.29, 1.82) is 0 Å². The number of nitrogens with two attached hydrogens (primary N) is 1. The molecule has 1 amide bonds. The number of carbonyl (C=O) groups excluding carboxylic acids is 1. The van der Waals surface area contributed by atoms with Gasteiger partial charge in [-0.3, -0.25) is 4.79 Å². The Bertz CT molecular complexity index is 653. The first-order chi connectivity index (χ1) is 11.1. The van der Waals surface area contributed by atoms with Crippen molar-refractivity contribution >= 4 is 5.91 Å². The maximum atomic E-state index is 11.0. The first-order valence-electron chi connectivity index (χ1n) is 7.80.